The topological polar surface area (TPSA) is 354 Å². The Balaban J connectivity index is 0.000000231. The average Bonchev–Trinajstić information content (AvgIpc) is 1.70. The first-order valence-electron chi connectivity index (χ1n) is 46.7. The lowest BCUT2D eigenvalue weighted by molar-refractivity contribution is -0.153. The van der Waals surface area contributed by atoms with Gasteiger partial charge in [0.25, 0.3) is 5.56 Å². The van der Waals surface area contributed by atoms with Gasteiger partial charge in [-0.1, -0.05) is 218 Å². The van der Waals surface area contributed by atoms with E-state index < -0.39 is 40.3 Å². The summed E-state index contributed by atoms with van der Waals surface area (Å²) in [5.41, 5.74) is 8.91. The van der Waals surface area contributed by atoms with Gasteiger partial charge in [0, 0.05) is 46.2 Å². The lowest BCUT2D eigenvalue weighted by atomic mass is 9.76. The van der Waals surface area contributed by atoms with E-state index in [1.807, 2.05) is 182 Å². The molecule has 4 aromatic carbocycles. The third kappa shape index (κ3) is 29.3. The van der Waals surface area contributed by atoms with Crippen molar-refractivity contribution >= 4 is 41.9 Å². The predicted molar refractivity (Wildman–Crippen MR) is 513 cm³/mol. The van der Waals surface area contributed by atoms with Crippen molar-refractivity contribution < 1.29 is 105 Å². The van der Waals surface area contributed by atoms with Crippen molar-refractivity contribution in [3.63, 3.8) is 0 Å². The molecule has 0 spiro atoms. The van der Waals surface area contributed by atoms with E-state index in [-0.39, 0.29) is 102 Å². The first-order valence-corrected chi connectivity index (χ1v) is 46.7. The number of aromatic nitrogens is 5. The van der Waals surface area contributed by atoms with Gasteiger partial charge in [-0.2, -0.15) is 0 Å². The van der Waals surface area contributed by atoms with Gasteiger partial charge in [0.1, 0.15) is 12.2 Å². The minimum absolute atomic E-state index is 0.0110. The molecule has 7 heterocycles. The summed E-state index contributed by atoms with van der Waals surface area (Å²) in [6.45, 7) is 34.5. The first kappa shape index (κ1) is 110. The fourth-order valence-corrected chi connectivity index (χ4v) is 15.1. The molecule has 5 aromatic heterocycles. The predicted octanol–water partition coefficient (Wildman–Crippen LogP) is 19.3. The zero-order chi connectivity index (χ0) is 98.9. The number of carbonyl (C=O) groups is 7. The standard InChI is InChI=1S/2C24H33NO4.C23H31NO5.C22H27NO6.C14H15NO4/c2*1-6-14-29-23(26)21-15-20(24(4,7-2)8-3)19(22(25-21)27-5)17-28-16-18-12-10-9-11-13-18;1-5-12-29-22(26)20-13-19(23(3,6-2)16-25)18(21(24-20)27-4)15-28-14-17-10-8-7-9-11-17;1-4-11-29-21(25)19-12-18(22(26,5-2)15-24)17(20(23-19)27-3)14-28-13-16-9-7-6-8-10-16;1-3-14(2)9-6-10-11(16)4-5-15(10)12(17)8(9)7-19-13(14)18/h2*9-13,15H,6-8,14,16-17H2,1-5H3;7-11,13,25H,5-6,12,14-16H2,1-4H3;6-10,12,15,26H,4-5,11,13-14H2,1-3H3;6H,3-5,7H2,1-2H3. The van der Waals surface area contributed by atoms with E-state index in [2.05, 4.69) is 61.5 Å². The van der Waals surface area contributed by atoms with Crippen LogP contribution in [0.1, 0.15) is 311 Å². The number of aliphatic hydroxyl groups excluding tert-OH is 1. The molecule has 0 amide bonds. The lowest BCUT2D eigenvalue weighted by Gasteiger charge is -2.33. The molecule has 3 atom stereocenters. The van der Waals surface area contributed by atoms with Crippen molar-refractivity contribution in [3.05, 3.63) is 268 Å². The molecule has 730 valence electrons. The first-order chi connectivity index (χ1) is 64.9. The van der Waals surface area contributed by atoms with Crippen molar-refractivity contribution in [2.24, 2.45) is 0 Å². The fourth-order valence-electron chi connectivity index (χ4n) is 15.1. The summed E-state index contributed by atoms with van der Waals surface area (Å²) < 4.78 is 73.3. The van der Waals surface area contributed by atoms with E-state index in [1.165, 1.54) is 24.9 Å². The van der Waals surface area contributed by atoms with Gasteiger partial charge >= 0.3 is 29.8 Å². The van der Waals surface area contributed by atoms with Gasteiger partial charge in [0.05, 0.1) is 131 Å². The summed E-state index contributed by atoms with van der Waals surface area (Å²) in [6, 6.07) is 48.0. The summed E-state index contributed by atoms with van der Waals surface area (Å²) >= 11 is 0. The van der Waals surface area contributed by atoms with E-state index in [9.17, 15) is 48.6 Å². The number of nitrogens with zero attached hydrogens (tertiary/aromatic N) is 5. The number of hydrogen-bond donors (Lipinski definition) is 2. The van der Waals surface area contributed by atoms with Crippen LogP contribution in [0.5, 0.6) is 23.5 Å². The number of ether oxygens (including phenoxy) is 13. The van der Waals surface area contributed by atoms with Crippen LogP contribution < -0.4 is 24.5 Å². The zero-order valence-corrected chi connectivity index (χ0v) is 82.3. The molecular weight excluding hydrogens is 1720 g/mol. The van der Waals surface area contributed by atoms with Gasteiger partial charge in [-0.3, -0.25) is 19.2 Å². The Kier molecular flexibility index (Phi) is 44.5. The number of aliphatic hydroxyl groups is 2. The average molecular weight is 1860 g/mol. The van der Waals surface area contributed by atoms with Crippen LogP contribution >= 0.6 is 0 Å². The fraction of sp³-hybridized carbons (Fsp3) is 0.477. The largest absolute Gasteiger partial charge is 0.481 e. The zero-order valence-electron chi connectivity index (χ0n) is 82.3. The van der Waals surface area contributed by atoms with E-state index in [4.69, 9.17) is 61.6 Å². The van der Waals surface area contributed by atoms with Crippen molar-refractivity contribution in [1.29, 1.82) is 0 Å². The third-order valence-electron chi connectivity index (χ3n) is 24.9. The Bertz CT molecular complexity index is 5050. The van der Waals surface area contributed by atoms with Crippen LogP contribution in [0.3, 0.4) is 0 Å². The smallest absolute Gasteiger partial charge is 0.357 e. The second kappa shape index (κ2) is 54.6. The maximum absolute atomic E-state index is 12.5. The molecule has 3 unspecified atom stereocenters. The maximum atomic E-state index is 12.5. The molecule has 0 saturated heterocycles. The summed E-state index contributed by atoms with van der Waals surface area (Å²) in [6.07, 6.45) is 8.74. The highest BCUT2D eigenvalue weighted by atomic mass is 16.6. The lowest BCUT2D eigenvalue weighted by Crippen LogP contribution is -2.42. The van der Waals surface area contributed by atoms with Crippen LogP contribution in [0.15, 0.2) is 156 Å². The Labute approximate surface area is 795 Å². The molecule has 0 saturated carbocycles. The second-order valence-corrected chi connectivity index (χ2v) is 33.9. The highest BCUT2D eigenvalue weighted by molar-refractivity contribution is 5.97. The van der Waals surface area contributed by atoms with Gasteiger partial charge in [-0.05, 0) is 163 Å². The number of benzene rings is 4. The number of aldehydes is 1. The maximum Gasteiger partial charge on any atom is 0.357 e. The van der Waals surface area contributed by atoms with Gasteiger partial charge < -0.3 is 76.4 Å². The van der Waals surface area contributed by atoms with Crippen molar-refractivity contribution in [2.75, 3.05) is 61.5 Å². The van der Waals surface area contributed by atoms with Crippen LogP contribution in [-0.2, 0) is 145 Å². The van der Waals surface area contributed by atoms with Crippen molar-refractivity contribution in [2.45, 2.75) is 274 Å². The van der Waals surface area contributed by atoms with Crippen LogP contribution in [-0.4, -0.2) is 138 Å². The quantitative estimate of drug-likeness (QED) is 0.0203. The Morgan fingerprint density at radius 3 is 0.993 bits per heavy atom. The molecule has 2 N–H and O–H groups in total. The number of cyclic esters (lactones) is 1. The number of rotatable bonds is 45. The summed E-state index contributed by atoms with van der Waals surface area (Å²) in [4.78, 5) is 115. The number of esters is 5. The number of fused-ring (bicyclic) bond motifs is 2. The number of ketones is 1. The molecule has 28 heteroatoms. The minimum atomic E-state index is -1.80. The van der Waals surface area contributed by atoms with Gasteiger partial charge in [-0.25, -0.2) is 39.1 Å². The molecule has 2 aliphatic heterocycles. The van der Waals surface area contributed by atoms with E-state index >= 15 is 0 Å². The normalized spacial score (nSPS) is 13.9. The summed E-state index contributed by atoms with van der Waals surface area (Å²) in [5, 5.41) is 20.9. The monoisotopic (exact) mass is 1860 g/mol. The number of carbonyl (C=O) groups excluding carboxylic acids is 7. The Morgan fingerprint density at radius 2 is 0.726 bits per heavy atom. The van der Waals surface area contributed by atoms with E-state index in [0.717, 1.165) is 101 Å². The molecule has 0 radical (unpaired) electrons. The molecule has 28 nitrogen and oxygen atoms in total. The van der Waals surface area contributed by atoms with Gasteiger partial charge in [-0.15, -0.1) is 0 Å². The highest BCUT2D eigenvalue weighted by Gasteiger charge is 2.44. The Morgan fingerprint density at radius 1 is 0.430 bits per heavy atom. The molecule has 0 bridgehead atoms. The molecule has 9 aromatic rings. The van der Waals surface area contributed by atoms with E-state index in [0.29, 0.717) is 138 Å². The molecule has 0 aliphatic carbocycles. The Hall–Kier alpha value is -11.9. The SMILES string of the molecule is CCC1(C)C(=O)OCc2c1cc1n(c2=O)CCC1=O.CCCOC(=O)c1cc(C(C)(CC)CC)c(COCc2ccccc2)c(OC)n1.CCCOC(=O)c1cc(C(C)(CC)CC)c(COCc2ccccc2)c(OC)n1.CCCOC(=O)c1cc(C(C)(CC)CO)c(COCc2ccccc2)c(OC)n1.CCCOC(=O)c1cc(C(O)(C=O)CC)c(COCc2ccccc2)c(OC)n1. The van der Waals surface area contributed by atoms with Crippen LogP contribution in [0, 0.1) is 0 Å². The van der Waals surface area contributed by atoms with Crippen LogP contribution in [0.25, 0.3) is 0 Å². The van der Waals surface area contributed by atoms with E-state index in [1.54, 1.807) is 40.2 Å². The molecule has 11 rings (SSSR count). The third-order valence-corrected chi connectivity index (χ3v) is 24.9. The number of pyridine rings is 5. The summed E-state index contributed by atoms with van der Waals surface area (Å²) in [5.74, 6) is -1.07. The van der Waals surface area contributed by atoms with Gasteiger partial charge in [0.2, 0.25) is 23.5 Å². The van der Waals surface area contributed by atoms with Crippen molar-refractivity contribution in [1.82, 2.24) is 24.5 Å². The highest BCUT2D eigenvalue weighted by Crippen LogP contribution is 2.42. The van der Waals surface area contributed by atoms with Crippen molar-refractivity contribution in [3.8, 4) is 23.5 Å². The molecular formula is C107H139N5O23. The second-order valence-electron chi connectivity index (χ2n) is 33.9. The number of methoxy groups -OCH3 is 4. The molecule has 2 aliphatic rings. The summed E-state index contributed by atoms with van der Waals surface area (Å²) in [7, 11) is 6.06. The molecule has 0 fully saturated rings. The number of Topliss-reactive ketones (excluding diaryl/α,β-unsaturated/α-hetero) is 1. The minimum Gasteiger partial charge on any atom is -0.481 e. The van der Waals surface area contributed by atoms with Gasteiger partial charge in [0.15, 0.2) is 34.8 Å². The van der Waals surface area contributed by atoms with Crippen LogP contribution in [0.2, 0.25) is 0 Å². The molecule has 135 heavy (non-hydrogen) atoms. The number of hydrogen-bond acceptors (Lipinski definition) is 27. The van der Waals surface area contributed by atoms with Crippen LogP contribution in [0.4, 0.5) is 0 Å².